The van der Waals surface area contributed by atoms with E-state index in [1.54, 1.807) is 6.92 Å². The van der Waals surface area contributed by atoms with E-state index in [1.165, 1.54) is 32.1 Å². The summed E-state index contributed by atoms with van der Waals surface area (Å²) in [4.78, 5) is 12.2. The number of hydrogen-bond donors (Lipinski definition) is 2. The minimum Gasteiger partial charge on any atom is -0.392 e. The number of aliphatic hydroxyl groups excluding tert-OH is 1. The van der Waals surface area contributed by atoms with Gasteiger partial charge in [-0.1, -0.05) is 26.7 Å². The number of Topliss-reactive ketones (excluding diaryl/α,β-unsaturated/α-hetero) is 1. The summed E-state index contributed by atoms with van der Waals surface area (Å²) >= 11 is 0. The molecule has 0 aromatic carbocycles. The third-order valence-corrected chi connectivity index (χ3v) is 9.35. The largest absolute Gasteiger partial charge is 0.392 e. The summed E-state index contributed by atoms with van der Waals surface area (Å²) in [5.74, 6) is 1.39. The number of carbonyl (C=O) groups excluding carboxylic acids is 1. The average Bonchev–Trinajstić information content (AvgIpc) is 2.82. The van der Waals surface area contributed by atoms with Gasteiger partial charge in [0.15, 0.2) is 0 Å². The molecule has 0 amide bonds. The summed E-state index contributed by atoms with van der Waals surface area (Å²) in [6.45, 7) is 6.08. The quantitative estimate of drug-likeness (QED) is 0.768. The standard InChI is InChI=1S/C21H34O3/c1-13(22)15-9-11-21(24)16-8-7-14-6-4-5-10-19(14,2)17(16)12-18(23)20(15,21)3/h14-18,23-24H,4-12H2,1-3H3/t14?,15-,16-,17+,18-,19+,20+,21+/m1/s1. The number of rotatable bonds is 1. The molecule has 0 aliphatic heterocycles. The lowest BCUT2D eigenvalue weighted by atomic mass is 9.42. The van der Waals surface area contributed by atoms with Crippen LogP contribution in [0.3, 0.4) is 0 Å². The fraction of sp³-hybridized carbons (Fsp3) is 0.952. The van der Waals surface area contributed by atoms with Crippen LogP contribution in [0.2, 0.25) is 0 Å². The summed E-state index contributed by atoms with van der Waals surface area (Å²) < 4.78 is 0. The third-order valence-electron chi connectivity index (χ3n) is 9.35. The Morgan fingerprint density at radius 1 is 1.00 bits per heavy atom. The van der Waals surface area contributed by atoms with Gasteiger partial charge in [-0.25, -0.2) is 0 Å². The van der Waals surface area contributed by atoms with E-state index in [2.05, 4.69) is 6.92 Å². The molecule has 0 aromatic rings. The Morgan fingerprint density at radius 3 is 2.46 bits per heavy atom. The van der Waals surface area contributed by atoms with Crippen LogP contribution >= 0.6 is 0 Å². The molecule has 8 atom stereocenters. The van der Waals surface area contributed by atoms with Crippen molar-refractivity contribution in [2.45, 2.75) is 90.3 Å². The molecule has 0 heterocycles. The fourth-order valence-corrected chi connectivity index (χ4v) is 7.89. The molecule has 3 heteroatoms. The second-order valence-electron chi connectivity index (χ2n) is 9.90. The van der Waals surface area contributed by atoms with Crippen molar-refractivity contribution >= 4 is 5.78 Å². The van der Waals surface area contributed by atoms with Gasteiger partial charge in [-0.3, -0.25) is 4.79 Å². The van der Waals surface area contributed by atoms with Gasteiger partial charge in [-0.2, -0.15) is 0 Å². The maximum atomic E-state index is 12.2. The summed E-state index contributed by atoms with van der Waals surface area (Å²) in [6, 6.07) is 0. The first-order chi connectivity index (χ1) is 11.2. The van der Waals surface area contributed by atoms with Gasteiger partial charge in [0, 0.05) is 11.3 Å². The molecule has 4 aliphatic rings. The van der Waals surface area contributed by atoms with Crippen molar-refractivity contribution in [3.8, 4) is 0 Å². The predicted octanol–water partition coefficient (Wildman–Crippen LogP) is 3.71. The third kappa shape index (κ3) is 1.89. The molecule has 0 aromatic heterocycles. The topological polar surface area (TPSA) is 57.5 Å². The molecule has 4 rings (SSSR count). The molecule has 4 saturated carbocycles. The van der Waals surface area contributed by atoms with Gasteiger partial charge in [0.1, 0.15) is 5.78 Å². The Labute approximate surface area is 146 Å². The van der Waals surface area contributed by atoms with Crippen molar-refractivity contribution in [2.75, 3.05) is 0 Å². The molecule has 4 fully saturated rings. The average molecular weight is 334 g/mol. The lowest BCUT2D eigenvalue weighted by Gasteiger charge is -2.64. The highest BCUT2D eigenvalue weighted by molar-refractivity contribution is 5.80. The Bertz CT molecular complexity index is 545. The first-order valence-corrected chi connectivity index (χ1v) is 10.2. The van der Waals surface area contributed by atoms with Crippen LogP contribution in [0.1, 0.15) is 78.6 Å². The fourth-order valence-electron chi connectivity index (χ4n) is 7.89. The number of carbonyl (C=O) groups is 1. The van der Waals surface area contributed by atoms with Gasteiger partial charge in [0.25, 0.3) is 0 Å². The number of hydrogen-bond acceptors (Lipinski definition) is 3. The molecule has 2 N–H and O–H groups in total. The summed E-state index contributed by atoms with van der Waals surface area (Å²) in [5.41, 5.74) is -1.25. The van der Waals surface area contributed by atoms with Crippen molar-refractivity contribution in [1.29, 1.82) is 0 Å². The minimum absolute atomic E-state index is 0.142. The maximum absolute atomic E-state index is 12.2. The highest BCUT2D eigenvalue weighted by Gasteiger charge is 2.70. The Kier molecular flexibility index (Phi) is 3.76. The molecular weight excluding hydrogens is 300 g/mol. The predicted molar refractivity (Wildman–Crippen MR) is 93.4 cm³/mol. The molecule has 3 nitrogen and oxygen atoms in total. The van der Waals surface area contributed by atoms with E-state index in [4.69, 9.17) is 0 Å². The van der Waals surface area contributed by atoms with Crippen molar-refractivity contribution in [3.05, 3.63) is 0 Å². The zero-order chi connectivity index (χ0) is 17.3. The number of ketones is 1. The highest BCUT2D eigenvalue weighted by atomic mass is 16.3. The van der Waals surface area contributed by atoms with Crippen LogP contribution in [0.5, 0.6) is 0 Å². The summed E-state index contributed by atoms with van der Waals surface area (Å²) in [5, 5.41) is 23.0. The van der Waals surface area contributed by atoms with Gasteiger partial charge in [-0.15, -0.1) is 0 Å². The van der Waals surface area contributed by atoms with Crippen molar-refractivity contribution in [3.63, 3.8) is 0 Å². The van der Waals surface area contributed by atoms with Crippen LogP contribution in [0.15, 0.2) is 0 Å². The molecule has 24 heavy (non-hydrogen) atoms. The number of aliphatic hydroxyl groups is 2. The van der Waals surface area contributed by atoms with Crippen molar-refractivity contribution < 1.29 is 15.0 Å². The second kappa shape index (κ2) is 5.30. The SMILES string of the molecule is CC(=O)[C@H]1CC[C@]2(O)[C@@H]3CCC4CCCC[C@]4(C)[C@H]3C[C@@H](O)[C@]12C. The van der Waals surface area contributed by atoms with E-state index in [-0.39, 0.29) is 23.0 Å². The van der Waals surface area contributed by atoms with Gasteiger partial charge in [0.05, 0.1) is 11.7 Å². The van der Waals surface area contributed by atoms with Crippen LogP contribution in [0, 0.1) is 34.5 Å². The van der Waals surface area contributed by atoms with Crippen LogP contribution in [0.4, 0.5) is 0 Å². The smallest absolute Gasteiger partial charge is 0.133 e. The number of fused-ring (bicyclic) bond motifs is 5. The van der Waals surface area contributed by atoms with Crippen molar-refractivity contribution in [2.24, 2.45) is 34.5 Å². The molecule has 0 saturated heterocycles. The highest BCUT2D eigenvalue weighted by Crippen LogP contribution is 2.68. The molecule has 136 valence electrons. The minimum atomic E-state index is -0.864. The first kappa shape index (κ1) is 17.0. The van der Waals surface area contributed by atoms with E-state index >= 15 is 0 Å². The molecular formula is C21H34O3. The first-order valence-electron chi connectivity index (χ1n) is 10.2. The summed E-state index contributed by atoms with van der Waals surface area (Å²) in [6.07, 6.45) is 9.14. The Balaban J connectivity index is 1.75. The maximum Gasteiger partial charge on any atom is 0.133 e. The second-order valence-corrected chi connectivity index (χ2v) is 9.90. The van der Waals surface area contributed by atoms with Crippen molar-refractivity contribution in [1.82, 2.24) is 0 Å². The van der Waals surface area contributed by atoms with E-state index in [9.17, 15) is 15.0 Å². The van der Waals surface area contributed by atoms with E-state index in [0.29, 0.717) is 12.3 Å². The lowest BCUT2D eigenvalue weighted by molar-refractivity contribution is -0.243. The molecule has 0 radical (unpaired) electrons. The zero-order valence-corrected chi connectivity index (χ0v) is 15.6. The van der Waals surface area contributed by atoms with Crippen LogP contribution in [-0.2, 0) is 4.79 Å². The van der Waals surface area contributed by atoms with E-state index < -0.39 is 17.1 Å². The van der Waals surface area contributed by atoms with Crippen LogP contribution in [-0.4, -0.2) is 27.7 Å². The molecule has 1 unspecified atom stereocenters. The monoisotopic (exact) mass is 334 g/mol. The zero-order valence-electron chi connectivity index (χ0n) is 15.6. The Morgan fingerprint density at radius 2 is 1.75 bits per heavy atom. The normalized spacial score (nSPS) is 57.0. The molecule has 0 spiro atoms. The van der Waals surface area contributed by atoms with Gasteiger partial charge in [-0.05, 0) is 75.0 Å². The van der Waals surface area contributed by atoms with E-state index in [0.717, 1.165) is 25.2 Å². The molecule has 0 bridgehead atoms. The van der Waals surface area contributed by atoms with Gasteiger partial charge in [0.2, 0.25) is 0 Å². The van der Waals surface area contributed by atoms with Gasteiger partial charge < -0.3 is 10.2 Å². The molecule has 4 aliphatic carbocycles. The van der Waals surface area contributed by atoms with Gasteiger partial charge >= 0.3 is 0 Å². The summed E-state index contributed by atoms with van der Waals surface area (Å²) in [7, 11) is 0. The van der Waals surface area contributed by atoms with Crippen LogP contribution in [0.25, 0.3) is 0 Å². The lowest BCUT2D eigenvalue weighted by Crippen LogP contribution is -2.67. The van der Waals surface area contributed by atoms with Crippen LogP contribution < -0.4 is 0 Å². The van der Waals surface area contributed by atoms with E-state index in [1.807, 2.05) is 6.92 Å². The Hall–Kier alpha value is -0.410.